The number of nitrogens with one attached hydrogen (secondary N) is 2. The third kappa shape index (κ3) is 7.74. The highest BCUT2D eigenvalue weighted by Gasteiger charge is 2.11. The van der Waals surface area contributed by atoms with E-state index in [9.17, 15) is 18.0 Å². The van der Waals surface area contributed by atoms with Crippen LogP contribution in [0.4, 0.5) is 18.9 Å². The Balaban J connectivity index is 0.00000400. The van der Waals surface area contributed by atoms with Crippen molar-refractivity contribution in [1.82, 2.24) is 5.32 Å². The Morgan fingerprint density at radius 2 is 2.10 bits per heavy atom. The predicted octanol–water partition coefficient (Wildman–Crippen LogP) is 2.02. The summed E-state index contributed by atoms with van der Waals surface area (Å²) in [7, 11) is 1.54. The number of ether oxygens (including phenoxy) is 2. The first-order chi connectivity index (χ1) is 9.52. The lowest BCUT2D eigenvalue weighted by molar-refractivity contribution is -0.115. The molecule has 0 fully saturated rings. The second kappa shape index (κ2) is 10.3. The zero-order valence-electron chi connectivity index (χ0n) is 11.2. The molecule has 0 aliphatic heterocycles. The van der Waals surface area contributed by atoms with E-state index in [4.69, 9.17) is 4.74 Å². The summed E-state index contributed by atoms with van der Waals surface area (Å²) in [6.45, 7) is -2.11. The van der Waals surface area contributed by atoms with E-state index in [-0.39, 0.29) is 30.5 Å². The topological polar surface area (TPSA) is 59.6 Å². The summed E-state index contributed by atoms with van der Waals surface area (Å²) in [5.41, 5.74) is 0.155. The van der Waals surface area contributed by atoms with Gasteiger partial charge in [0, 0.05) is 25.4 Å². The van der Waals surface area contributed by atoms with E-state index in [0.717, 1.165) is 12.1 Å². The van der Waals surface area contributed by atoms with Crippen LogP contribution >= 0.6 is 12.4 Å². The van der Waals surface area contributed by atoms with Crippen LogP contribution in [0.5, 0.6) is 5.75 Å². The zero-order chi connectivity index (χ0) is 15.0. The minimum Gasteiger partial charge on any atom is -0.432 e. The van der Waals surface area contributed by atoms with Crippen molar-refractivity contribution in [2.45, 2.75) is 6.61 Å². The fourth-order valence-corrected chi connectivity index (χ4v) is 1.35. The molecule has 9 heteroatoms. The molecule has 5 nitrogen and oxygen atoms in total. The van der Waals surface area contributed by atoms with Crippen LogP contribution < -0.4 is 15.4 Å². The molecule has 0 heterocycles. The highest BCUT2D eigenvalue weighted by molar-refractivity contribution is 5.92. The molecule has 0 spiro atoms. The van der Waals surface area contributed by atoms with Crippen molar-refractivity contribution in [2.24, 2.45) is 0 Å². The highest BCUT2D eigenvalue weighted by atomic mass is 35.5. The Kier molecular flexibility index (Phi) is 9.51. The Morgan fingerprint density at radius 1 is 1.38 bits per heavy atom. The van der Waals surface area contributed by atoms with Gasteiger partial charge in [-0.1, -0.05) is 0 Å². The SMILES string of the molecule is COCCNCC(=O)Nc1ccc(OC(F)F)c(F)c1.Cl. The van der Waals surface area contributed by atoms with Crippen LogP contribution in [-0.2, 0) is 9.53 Å². The van der Waals surface area contributed by atoms with Gasteiger partial charge in [0.25, 0.3) is 0 Å². The van der Waals surface area contributed by atoms with Gasteiger partial charge in [0.05, 0.1) is 13.2 Å². The number of amides is 1. The summed E-state index contributed by atoms with van der Waals surface area (Å²) in [5, 5.41) is 5.22. The van der Waals surface area contributed by atoms with E-state index in [1.807, 2.05) is 0 Å². The van der Waals surface area contributed by atoms with Gasteiger partial charge in [-0.25, -0.2) is 4.39 Å². The molecule has 0 radical (unpaired) electrons. The number of carbonyl (C=O) groups is 1. The molecule has 2 N–H and O–H groups in total. The normalized spacial score (nSPS) is 10.1. The lowest BCUT2D eigenvalue weighted by Gasteiger charge is -2.09. The van der Waals surface area contributed by atoms with Crippen LogP contribution in [0.2, 0.25) is 0 Å². The summed E-state index contributed by atoms with van der Waals surface area (Å²) in [6, 6.07) is 3.20. The monoisotopic (exact) mass is 328 g/mol. The van der Waals surface area contributed by atoms with Crippen molar-refractivity contribution >= 4 is 24.0 Å². The molecular weight excluding hydrogens is 313 g/mol. The van der Waals surface area contributed by atoms with Gasteiger partial charge in [0.2, 0.25) is 5.91 Å². The van der Waals surface area contributed by atoms with Crippen molar-refractivity contribution in [3.05, 3.63) is 24.0 Å². The number of rotatable bonds is 8. The van der Waals surface area contributed by atoms with E-state index >= 15 is 0 Å². The van der Waals surface area contributed by atoms with E-state index in [1.165, 1.54) is 13.2 Å². The molecule has 0 aliphatic carbocycles. The quantitative estimate of drug-likeness (QED) is 0.717. The molecule has 0 saturated carbocycles. The first kappa shape index (κ1) is 19.5. The Labute approximate surface area is 126 Å². The van der Waals surface area contributed by atoms with Gasteiger partial charge in [-0.15, -0.1) is 12.4 Å². The van der Waals surface area contributed by atoms with Gasteiger partial charge in [-0.2, -0.15) is 8.78 Å². The lowest BCUT2D eigenvalue weighted by Crippen LogP contribution is -2.30. The number of anilines is 1. The number of alkyl halides is 2. The van der Waals surface area contributed by atoms with E-state index in [0.29, 0.717) is 13.2 Å². The molecule has 1 aromatic carbocycles. The molecule has 1 aromatic rings. The molecule has 0 bridgehead atoms. The molecule has 0 unspecified atom stereocenters. The largest absolute Gasteiger partial charge is 0.432 e. The average Bonchev–Trinajstić information content (AvgIpc) is 2.37. The van der Waals surface area contributed by atoms with Gasteiger partial charge in [0.1, 0.15) is 0 Å². The predicted molar refractivity (Wildman–Crippen MR) is 73.7 cm³/mol. The zero-order valence-corrected chi connectivity index (χ0v) is 12.0. The molecule has 0 atom stereocenters. The Hall–Kier alpha value is -1.51. The second-order valence-electron chi connectivity index (χ2n) is 3.74. The smallest absolute Gasteiger partial charge is 0.387 e. The minimum absolute atomic E-state index is 0. The van der Waals surface area contributed by atoms with Crippen molar-refractivity contribution < 1.29 is 27.4 Å². The van der Waals surface area contributed by atoms with Crippen molar-refractivity contribution in [2.75, 3.05) is 32.1 Å². The maximum absolute atomic E-state index is 13.4. The number of methoxy groups -OCH3 is 1. The van der Waals surface area contributed by atoms with Crippen LogP contribution in [0.25, 0.3) is 0 Å². The first-order valence-electron chi connectivity index (χ1n) is 5.76. The van der Waals surface area contributed by atoms with E-state index < -0.39 is 18.2 Å². The van der Waals surface area contributed by atoms with Crippen molar-refractivity contribution in [3.8, 4) is 5.75 Å². The lowest BCUT2D eigenvalue weighted by atomic mass is 10.3. The third-order valence-electron chi connectivity index (χ3n) is 2.20. The maximum atomic E-state index is 13.4. The minimum atomic E-state index is -3.10. The van der Waals surface area contributed by atoms with Crippen LogP contribution in [0.3, 0.4) is 0 Å². The molecule has 21 heavy (non-hydrogen) atoms. The van der Waals surface area contributed by atoms with E-state index in [1.54, 1.807) is 0 Å². The average molecular weight is 329 g/mol. The second-order valence-corrected chi connectivity index (χ2v) is 3.74. The third-order valence-corrected chi connectivity index (χ3v) is 2.20. The molecule has 1 amide bonds. The first-order valence-corrected chi connectivity index (χ1v) is 5.76. The fraction of sp³-hybridized carbons (Fsp3) is 0.417. The summed E-state index contributed by atoms with van der Waals surface area (Å²) in [5.74, 6) is -1.94. The van der Waals surface area contributed by atoms with Gasteiger partial charge < -0.3 is 20.1 Å². The Morgan fingerprint density at radius 3 is 2.67 bits per heavy atom. The highest BCUT2D eigenvalue weighted by Crippen LogP contribution is 2.22. The van der Waals surface area contributed by atoms with Crippen molar-refractivity contribution in [1.29, 1.82) is 0 Å². The fourth-order valence-electron chi connectivity index (χ4n) is 1.35. The summed E-state index contributed by atoms with van der Waals surface area (Å²) >= 11 is 0. The maximum Gasteiger partial charge on any atom is 0.387 e. The molecule has 0 saturated heterocycles. The molecular formula is C12H16ClF3N2O3. The number of hydrogen-bond acceptors (Lipinski definition) is 4. The van der Waals surface area contributed by atoms with Gasteiger partial charge >= 0.3 is 6.61 Å². The molecule has 1 rings (SSSR count). The number of hydrogen-bond donors (Lipinski definition) is 2. The van der Waals surface area contributed by atoms with Gasteiger partial charge in [-0.05, 0) is 12.1 Å². The van der Waals surface area contributed by atoms with Gasteiger partial charge in [-0.3, -0.25) is 4.79 Å². The Bertz CT molecular complexity index is 450. The summed E-state index contributed by atoms with van der Waals surface area (Å²) in [4.78, 5) is 11.5. The molecule has 0 aliphatic rings. The molecule has 0 aromatic heterocycles. The van der Waals surface area contributed by atoms with Gasteiger partial charge in [0.15, 0.2) is 11.6 Å². The van der Waals surface area contributed by atoms with Crippen LogP contribution in [-0.4, -0.2) is 39.3 Å². The van der Waals surface area contributed by atoms with Crippen LogP contribution in [0.1, 0.15) is 0 Å². The van der Waals surface area contributed by atoms with Crippen molar-refractivity contribution in [3.63, 3.8) is 0 Å². The van der Waals surface area contributed by atoms with E-state index in [2.05, 4.69) is 15.4 Å². The summed E-state index contributed by atoms with van der Waals surface area (Å²) < 4.78 is 46.0. The standard InChI is InChI=1S/C12H15F3N2O3.ClH/c1-19-5-4-16-7-11(18)17-8-2-3-10(9(13)6-8)20-12(14)15;/h2-3,6,12,16H,4-5,7H2,1H3,(H,17,18);1H. The van der Waals surface area contributed by atoms with Crippen LogP contribution in [0.15, 0.2) is 18.2 Å². The summed E-state index contributed by atoms with van der Waals surface area (Å²) in [6.07, 6.45) is 0. The van der Waals surface area contributed by atoms with Crippen LogP contribution in [0, 0.1) is 5.82 Å². The number of benzene rings is 1. The molecule has 120 valence electrons. The number of carbonyl (C=O) groups excluding carboxylic acids is 1. The number of halogens is 4.